The predicted octanol–water partition coefficient (Wildman–Crippen LogP) is 2.41. The highest BCUT2D eigenvalue weighted by Crippen LogP contribution is 2.27. The second kappa shape index (κ2) is 4.65. The van der Waals surface area contributed by atoms with Crippen molar-refractivity contribution in [2.75, 3.05) is 0 Å². The second-order valence-corrected chi connectivity index (χ2v) is 4.38. The van der Waals surface area contributed by atoms with Gasteiger partial charge in [0.25, 0.3) is 0 Å². The van der Waals surface area contributed by atoms with Gasteiger partial charge in [0.2, 0.25) is 0 Å². The summed E-state index contributed by atoms with van der Waals surface area (Å²) >= 11 is 0. The van der Waals surface area contributed by atoms with E-state index in [0.29, 0.717) is 11.1 Å². The van der Waals surface area contributed by atoms with Gasteiger partial charge in [-0.2, -0.15) is 0 Å². The minimum absolute atomic E-state index is 0.0230. The van der Waals surface area contributed by atoms with Crippen molar-refractivity contribution in [3.8, 4) is 0 Å². The summed E-state index contributed by atoms with van der Waals surface area (Å²) in [5.41, 5.74) is 1.15. The maximum atomic E-state index is 12.3. The number of benzene rings is 1. The zero-order valence-electron chi connectivity index (χ0n) is 10.6. The van der Waals surface area contributed by atoms with Crippen LogP contribution in [-0.2, 0) is 4.79 Å². The smallest absolute Gasteiger partial charge is 0.331 e. The van der Waals surface area contributed by atoms with E-state index in [2.05, 4.69) is 0 Å². The molecule has 1 aromatic carbocycles. The molecule has 0 fully saturated rings. The molecule has 1 aromatic rings. The van der Waals surface area contributed by atoms with Gasteiger partial charge in [-0.05, 0) is 19.9 Å². The number of hydrogen-bond donors (Lipinski definition) is 1. The SMILES string of the molecule is CC(=CC1=C(C)C(=O)c2ccccc2C1=O)C(=O)O. The lowest BCUT2D eigenvalue weighted by Crippen LogP contribution is -2.20. The second-order valence-electron chi connectivity index (χ2n) is 4.38. The highest BCUT2D eigenvalue weighted by atomic mass is 16.4. The fourth-order valence-corrected chi connectivity index (χ4v) is 1.97. The Morgan fingerprint density at radius 3 is 2.16 bits per heavy atom. The number of carbonyl (C=O) groups is 3. The average molecular weight is 256 g/mol. The number of carboxylic acids is 1. The largest absolute Gasteiger partial charge is 0.478 e. The van der Waals surface area contributed by atoms with Crippen molar-refractivity contribution in [3.63, 3.8) is 0 Å². The molecule has 19 heavy (non-hydrogen) atoms. The summed E-state index contributed by atoms with van der Waals surface area (Å²) in [5.74, 6) is -1.66. The Kier molecular flexibility index (Phi) is 3.17. The summed E-state index contributed by atoms with van der Waals surface area (Å²) < 4.78 is 0. The van der Waals surface area contributed by atoms with Gasteiger partial charge in [0.1, 0.15) is 0 Å². The molecule has 0 heterocycles. The Balaban J connectivity index is 2.61. The van der Waals surface area contributed by atoms with E-state index in [1.54, 1.807) is 24.3 Å². The molecule has 2 rings (SSSR count). The first kappa shape index (κ1) is 13.0. The molecule has 0 saturated carbocycles. The zero-order chi connectivity index (χ0) is 14.2. The van der Waals surface area contributed by atoms with Crippen LogP contribution in [0.3, 0.4) is 0 Å². The van der Waals surface area contributed by atoms with E-state index in [1.807, 2.05) is 0 Å². The van der Waals surface area contributed by atoms with Gasteiger partial charge >= 0.3 is 5.97 Å². The molecular formula is C15H12O4. The first-order valence-corrected chi connectivity index (χ1v) is 5.74. The van der Waals surface area contributed by atoms with Crippen LogP contribution in [0.5, 0.6) is 0 Å². The number of hydrogen-bond acceptors (Lipinski definition) is 3. The molecule has 4 nitrogen and oxygen atoms in total. The number of fused-ring (bicyclic) bond motifs is 1. The van der Waals surface area contributed by atoms with Crippen molar-refractivity contribution < 1.29 is 19.5 Å². The van der Waals surface area contributed by atoms with E-state index < -0.39 is 5.97 Å². The molecule has 4 heteroatoms. The van der Waals surface area contributed by atoms with E-state index >= 15 is 0 Å². The van der Waals surface area contributed by atoms with Crippen LogP contribution in [0.1, 0.15) is 34.6 Å². The third-order valence-electron chi connectivity index (χ3n) is 3.10. The molecule has 1 N–H and O–H groups in total. The van der Waals surface area contributed by atoms with Crippen molar-refractivity contribution in [2.24, 2.45) is 0 Å². The van der Waals surface area contributed by atoms with Crippen molar-refractivity contribution in [2.45, 2.75) is 13.8 Å². The Labute approximate surface area is 110 Å². The van der Waals surface area contributed by atoms with Crippen LogP contribution in [0.25, 0.3) is 0 Å². The number of rotatable bonds is 2. The van der Waals surface area contributed by atoms with Gasteiger partial charge < -0.3 is 5.11 Å². The first-order valence-electron chi connectivity index (χ1n) is 5.74. The number of carbonyl (C=O) groups excluding carboxylic acids is 2. The van der Waals surface area contributed by atoms with Crippen LogP contribution in [0.2, 0.25) is 0 Å². The summed E-state index contributed by atoms with van der Waals surface area (Å²) in [6.07, 6.45) is 1.26. The Hall–Kier alpha value is -2.49. The van der Waals surface area contributed by atoms with Crippen LogP contribution in [-0.4, -0.2) is 22.6 Å². The van der Waals surface area contributed by atoms with Crippen LogP contribution in [0.4, 0.5) is 0 Å². The number of Topliss-reactive ketones (excluding diaryl/α,β-unsaturated/α-hetero) is 2. The fraction of sp³-hybridized carbons (Fsp3) is 0.133. The first-order chi connectivity index (χ1) is 8.93. The van der Waals surface area contributed by atoms with Gasteiger partial charge in [-0.3, -0.25) is 9.59 Å². The summed E-state index contributed by atoms with van der Waals surface area (Å²) in [4.78, 5) is 35.2. The lowest BCUT2D eigenvalue weighted by atomic mass is 9.84. The minimum atomic E-state index is -1.11. The lowest BCUT2D eigenvalue weighted by molar-refractivity contribution is -0.132. The summed E-state index contributed by atoms with van der Waals surface area (Å²) in [7, 11) is 0. The highest BCUT2D eigenvalue weighted by Gasteiger charge is 2.28. The van der Waals surface area contributed by atoms with E-state index in [9.17, 15) is 14.4 Å². The Morgan fingerprint density at radius 1 is 1.11 bits per heavy atom. The lowest BCUT2D eigenvalue weighted by Gasteiger charge is -2.17. The number of aliphatic carboxylic acids is 1. The molecule has 0 amide bonds. The number of ketones is 2. The molecule has 0 unspecified atom stereocenters. The van der Waals surface area contributed by atoms with Crippen LogP contribution >= 0.6 is 0 Å². The molecule has 0 aliphatic heterocycles. The van der Waals surface area contributed by atoms with Gasteiger partial charge in [0, 0.05) is 27.8 Å². The summed E-state index contributed by atoms with van der Waals surface area (Å²) in [6, 6.07) is 6.55. The fourth-order valence-electron chi connectivity index (χ4n) is 1.97. The number of allylic oxidation sites excluding steroid dienone is 3. The topological polar surface area (TPSA) is 71.4 Å². The standard InChI is InChI=1S/C15H12O4/c1-8(15(18)19)7-12-9(2)13(16)10-5-3-4-6-11(10)14(12)17/h3-7H,1-2H3,(H,18,19). The molecule has 0 atom stereocenters. The van der Waals surface area contributed by atoms with Crippen molar-refractivity contribution in [3.05, 3.63) is 58.2 Å². The van der Waals surface area contributed by atoms with Crippen LogP contribution in [0.15, 0.2) is 47.1 Å². The van der Waals surface area contributed by atoms with E-state index in [4.69, 9.17) is 5.11 Å². The molecule has 1 aliphatic rings. The summed E-state index contributed by atoms with van der Waals surface area (Å²) in [6.45, 7) is 2.93. The van der Waals surface area contributed by atoms with E-state index in [1.165, 1.54) is 19.9 Å². The number of carboxylic acid groups (broad SMARTS) is 1. The van der Waals surface area contributed by atoms with E-state index in [-0.39, 0.29) is 28.3 Å². The van der Waals surface area contributed by atoms with Gasteiger partial charge in [-0.1, -0.05) is 24.3 Å². The maximum Gasteiger partial charge on any atom is 0.331 e. The molecule has 0 saturated heterocycles. The summed E-state index contributed by atoms with van der Waals surface area (Å²) in [5, 5.41) is 8.86. The molecule has 0 aromatic heterocycles. The normalized spacial score (nSPS) is 15.6. The average Bonchev–Trinajstić information content (AvgIpc) is 2.40. The Morgan fingerprint density at radius 2 is 1.63 bits per heavy atom. The molecule has 0 spiro atoms. The van der Waals surface area contributed by atoms with Crippen molar-refractivity contribution in [1.82, 2.24) is 0 Å². The molecule has 96 valence electrons. The molecule has 1 aliphatic carbocycles. The van der Waals surface area contributed by atoms with Crippen molar-refractivity contribution >= 4 is 17.5 Å². The van der Waals surface area contributed by atoms with Crippen LogP contribution < -0.4 is 0 Å². The minimum Gasteiger partial charge on any atom is -0.478 e. The van der Waals surface area contributed by atoms with Gasteiger partial charge in [0.15, 0.2) is 11.6 Å². The van der Waals surface area contributed by atoms with Gasteiger partial charge in [-0.15, -0.1) is 0 Å². The monoisotopic (exact) mass is 256 g/mol. The highest BCUT2D eigenvalue weighted by molar-refractivity contribution is 6.27. The predicted molar refractivity (Wildman–Crippen MR) is 69.2 cm³/mol. The molecule has 0 radical (unpaired) electrons. The third-order valence-corrected chi connectivity index (χ3v) is 3.10. The maximum absolute atomic E-state index is 12.3. The van der Waals surface area contributed by atoms with Gasteiger partial charge in [0.05, 0.1) is 0 Å². The van der Waals surface area contributed by atoms with E-state index in [0.717, 1.165) is 0 Å². The van der Waals surface area contributed by atoms with Crippen molar-refractivity contribution in [1.29, 1.82) is 0 Å². The Bertz CT molecular complexity index is 662. The molecule has 0 bridgehead atoms. The van der Waals surface area contributed by atoms with Gasteiger partial charge in [-0.25, -0.2) is 4.79 Å². The quantitative estimate of drug-likeness (QED) is 0.825. The zero-order valence-corrected chi connectivity index (χ0v) is 10.6. The third kappa shape index (κ3) is 2.12. The van der Waals surface area contributed by atoms with Crippen LogP contribution in [0, 0.1) is 0 Å². The molecular weight excluding hydrogens is 244 g/mol.